The van der Waals surface area contributed by atoms with Crippen LogP contribution in [0.15, 0.2) is 12.1 Å². The molecular weight excluding hydrogens is 512 g/mol. The van der Waals surface area contributed by atoms with Crippen molar-refractivity contribution < 1.29 is 33.6 Å². The number of hydrogen-bond donors (Lipinski definition) is 2. The van der Waals surface area contributed by atoms with Gasteiger partial charge in [-0.3, -0.25) is 0 Å². The van der Waals surface area contributed by atoms with Crippen molar-refractivity contribution in [2.24, 2.45) is 0 Å². The molecule has 9 nitrogen and oxygen atoms in total. The third-order valence-corrected chi connectivity index (χ3v) is 8.00. The molecule has 0 saturated carbocycles. The van der Waals surface area contributed by atoms with E-state index in [1.165, 1.54) is 51.4 Å². The van der Waals surface area contributed by atoms with E-state index in [0.717, 1.165) is 57.3 Å². The van der Waals surface area contributed by atoms with Crippen LogP contribution in [0.25, 0.3) is 0 Å². The van der Waals surface area contributed by atoms with Crippen molar-refractivity contribution in [1.29, 1.82) is 0 Å². The Labute approximate surface area is 239 Å². The Kier molecular flexibility index (Phi) is 14.4. The van der Waals surface area contributed by atoms with Gasteiger partial charge in [0.25, 0.3) is 0 Å². The number of hydrogen-bond acceptors (Lipinski definition) is 8. The summed E-state index contributed by atoms with van der Waals surface area (Å²) in [5.74, 6) is 0.905. The number of methoxy groups -OCH3 is 2. The Morgan fingerprint density at radius 3 is 2.23 bits per heavy atom. The number of cyclic esters (lactones) is 1. The van der Waals surface area contributed by atoms with Crippen LogP contribution in [0.1, 0.15) is 112 Å². The lowest BCUT2D eigenvalue weighted by molar-refractivity contribution is 0.0361. The molecule has 1 atom stereocenters. The van der Waals surface area contributed by atoms with Crippen molar-refractivity contribution in [3.63, 3.8) is 0 Å². The van der Waals surface area contributed by atoms with Crippen LogP contribution in [0.4, 0.5) is 4.79 Å². The highest BCUT2D eigenvalue weighted by Crippen LogP contribution is 2.41. The van der Waals surface area contributed by atoms with Gasteiger partial charge in [0.1, 0.15) is 23.2 Å². The van der Waals surface area contributed by atoms with E-state index in [-0.39, 0.29) is 37.4 Å². The number of benzene rings is 1. The van der Waals surface area contributed by atoms with Gasteiger partial charge in [-0.2, -0.15) is 0 Å². The van der Waals surface area contributed by atoms with E-state index in [0.29, 0.717) is 23.5 Å². The van der Waals surface area contributed by atoms with Gasteiger partial charge in [-0.15, -0.1) is 0 Å². The summed E-state index contributed by atoms with van der Waals surface area (Å²) in [6, 6.07) is 3.83. The number of aliphatic hydroxyl groups is 1. The molecule has 1 aromatic rings. The largest absolute Gasteiger partial charge is 0.497 e. The van der Waals surface area contributed by atoms with Gasteiger partial charge in [0, 0.05) is 43.8 Å². The fraction of sp³-hybridized carbons (Fsp3) is 0.742. The third kappa shape index (κ3) is 10.5. The van der Waals surface area contributed by atoms with E-state index in [1.54, 1.807) is 20.3 Å². The van der Waals surface area contributed by atoms with E-state index in [1.807, 2.05) is 6.07 Å². The molecular formula is C31H50N2O7. The Morgan fingerprint density at radius 1 is 0.950 bits per heavy atom. The summed E-state index contributed by atoms with van der Waals surface area (Å²) in [7, 11) is 3.18. The number of rotatable bonds is 19. The number of unbranched alkanes of at least 4 members (excludes halogenated alkanes) is 9. The summed E-state index contributed by atoms with van der Waals surface area (Å²) in [4.78, 5) is 26.6. The summed E-state index contributed by atoms with van der Waals surface area (Å²) in [5, 5.41) is 11.7. The molecule has 0 bridgehead atoms. The van der Waals surface area contributed by atoms with Crippen molar-refractivity contribution in [3.05, 3.63) is 23.3 Å². The summed E-state index contributed by atoms with van der Waals surface area (Å²) in [6.45, 7) is 3.51. The molecule has 0 aliphatic carbocycles. The van der Waals surface area contributed by atoms with Gasteiger partial charge in [-0.05, 0) is 44.7 Å². The first-order valence-corrected chi connectivity index (χ1v) is 15.3. The average Bonchev–Trinajstić information content (AvgIpc) is 3.29. The van der Waals surface area contributed by atoms with Crippen molar-refractivity contribution in [2.45, 2.75) is 102 Å². The second-order valence-electron chi connectivity index (χ2n) is 11.0. The number of likely N-dealkylation sites (tertiary alicyclic amines) is 1. The number of piperidine rings is 1. The van der Waals surface area contributed by atoms with Gasteiger partial charge in [-0.25, -0.2) is 9.59 Å². The van der Waals surface area contributed by atoms with E-state index < -0.39 is 0 Å². The van der Waals surface area contributed by atoms with Crippen molar-refractivity contribution >= 4 is 12.1 Å². The highest BCUT2D eigenvalue weighted by Gasteiger charge is 2.34. The van der Waals surface area contributed by atoms with Crippen LogP contribution < -0.4 is 14.8 Å². The minimum Gasteiger partial charge on any atom is -0.497 e. The first-order chi connectivity index (χ1) is 19.5. The maximum atomic E-state index is 12.3. The van der Waals surface area contributed by atoms with Gasteiger partial charge in [0.2, 0.25) is 0 Å². The Balaban J connectivity index is 1.14. The molecule has 0 aromatic heterocycles. The zero-order valence-electron chi connectivity index (χ0n) is 24.6. The summed E-state index contributed by atoms with van der Waals surface area (Å²) < 4.78 is 21.4. The average molecular weight is 563 g/mol. The Bertz CT molecular complexity index is 902. The second-order valence-corrected chi connectivity index (χ2v) is 11.0. The van der Waals surface area contributed by atoms with Gasteiger partial charge in [0.05, 0.1) is 20.8 Å². The molecule has 0 spiro atoms. The molecule has 226 valence electrons. The third-order valence-electron chi connectivity index (χ3n) is 8.00. The molecule has 1 amide bonds. The van der Waals surface area contributed by atoms with Gasteiger partial charge in [-0.1, -0.05) is 51.4 Å². The quantitative estimate of drug-likeness (QED) is 0.161. The monoisotopic (exact) mass is 562 g/mol. The number of esters is 1. The molecule has 2 aliphatic heterocycles. The highest BCUT2D eigenvalue weighted by atomic mass is 16.6. The molecule has 40 heavy (non-hydrogen) atoms. The lowest BCUT2D eigenvalue weighted by atomic mass is 9.98. The molecule has 9 heteroatoms. The number of fused-ring (bicyclic) bond motifs is 1. The van der Waals surface area contributed by atoms with Gasteiger partial charge < -0.3 is 34.3 Å². The minimum absolute atomic E-state index is 0.0403. The molecule has 2 aliphatic rings. The maximum Gasteiger partial charge on any atom is 0.407 e. The van der Waals surface area contributed by atoms with Crippen LogP contribution in [0.3, 0.4) is 0 Å². The van der Waals surface area contributed by atoms with Gasteiger partial charge >= 0.3 is 12.1 Å². The topological polar surface area (TPSA) is 107 Å². The fourth-order valence-corrected chi connectivity index (χ4v) is 5.65. The van der Waals surface area contributed by atoms with Crippen molar-refractivity contribution in [2.75, 3.05) is 47.1 Å². The molecule has 1 unspecified atom stereocenters. The summed E-state index contributed by atoms with van der Waals surface area (Å²) in [5.41, 5.74) is 1.43. The molecule has 0 radical (unpaired) electrons. The number of alkyl carbamates (subject to hydrolysis) is 1. The Morgan fingerprint density at radius 2 is 1.60 bits per heavy atom. The predicted octanol–water partition coefficient (Wildman–Crippen LogP) is 5.78. The summed E-state index contributed by atoms with van der Waals surface area (Å²) >= 11 is 0. The van der Waals surface area contributed by atoms with Crippen LogP contribution in [-0.2, 0) is 9.47 Å². The fourth-order valence-electron chi connectivity index (χ4n) is 5.65. The number of amides is 1. The minimum atomic E-state index is -0.364. The molecule has 2 N–H and O–H groups in total. The zero-order valence-corrected chi connectivity index (χ0v) is 24.6. The van der Waals surface area contributed by atoms with Crippen molar-refractivity contribution in [1.82, 2.24) is 10.2 Å². The second kappa shape index (κ2) is 18.0. The molecule has 1 aromatic carbocycles. The number of nitrogens with one attached hydrogen (secondary N) is 1. The SMILES string of the molecule is COc1cc(OC)c2c(c1)C(CCCCCCCCCCCCN1CCC(NC(=O)OCCCO)CC1)OC2=O. The van der Waals surface area contributed by atoms with E-state index >= 15 is 0 Å². The van der Waals surface area contributed by atoms with Crippen LogP contribution >= 0.6 is 0 Å². The number of aliphatic hydroxyl groups excluding tert-OH is 1. The predicted molar refractivity (Wildman–Crippen MR) is 154 cm³/mol. The smallest absolute Gasteiger partial charge is 0.407 e. The number of ether oxygens (including phenoxy) is 4. The molecule has 2 heterocycles. The van der Waals surface area contributed by atoms with E-state index in [9.17, 15) is 9.59 Å². The van der Waals surface area contributed by atoms with Crippen LogP contribution in [0.2, 0.25) is 0 Å². The number of carbonyl (C=O) groups is 2. The molecule has 3 rings (SSSR count). The van der Waals surface area contributed by atoms with Crippen molar-refractivity contribution in [3.8, 4) is 11.5 Å². The van der Waals surface area contributed by atoms with Crippen LogP contribution in [0, 0.1) is 0 Å². The van der Waals surface area contributed by atoms with Crippen LogP contribution in [-0.4, -0.2) is 75.2 Å². The molecule has 1 fully saturated rings. The first kappa shape index (κ1) is 32.0. The van der Waals surface area contributed by atoms with Gasteiger partial charge in [0.15, 0.2) is 0 Å². The van der Waals surface area contributed by atoms with Crippen LogP contribution in [0.5, 0.6) is 11.5 Å². The standard InChI is InChI=1S/C31H50N2O7/c1-37-25-22-26-27(40-30(35)29(26)28(23-25)38-2)14-11-9-7-5-3-4-6-8-10-12-17-33-18-15-24(16-19-33)32-31(36)39-21-13-20-34/h22-24,27,34H,3-21H2,1-2H3,(H,32,36). The maximum absolute atomic E-state index is 12.3. The Hall–Kier alpha value is -2.52. The normalized spacial score (nSPS) is 17.4. The highest BCUT2D eigenvalue weighted by molar-refractivity contribution is 5.97. The molecule has 1 saturated heterocycles. The number of carbonyl (C=O) groups excluding carboxylic acids is 2. The zero-order chi connectivity index (χ0) is 28.6. The van der Waals surface area contributed by atoms with E-state index in [2.05, 4.69) is 10.2 Å². The van der Waals surface area contributed by atoms with E-state index in [4.69, 9.17) is 24.1 Å². The first-order valence-electron chi connectivity index (χ1n) is 15.3. The number of nitrogens with zero attached hydrogens (tertiary/aromatic N) is 1. The lowest BCUT2D eigenvalue weighted by Gasteiger charge is -2.32. The summed E-state index contributed by atoms with van der Waals surface area (Å²) in [6.07, 6.45) is 15.1. The lowest BCUT2D eigenvalue weighted by Crippen LogP contribution is -2.45.